The molecule has 4 rings (SSSR count). The van der Waals surface area contributed by atoms with Crippen molar-refractivity contribution in [2.24, 2.45) is 5.92 Å². The van der Waals surface area contributed by atoms with Crippen LogP contribution in [0.15, 0.2) is 28.9 Å². The Morgan fingerprint density at radius 3 is 3.00 bits per heavy atom. The van der Waals surface area contributed by atoms with Gasteiger partial charge in [-0.25, -0.2) is 4.68 Å². The number of hydrogen-bond acceptors (Lipinski definition) is 4. The van der Waals surface area contributed by atoms with Crippen LogP contribution < -0.4 is 4.74 Å². The fourth-order valence-corrected chi connectivity index (χ4v) is 3.20. The van der Waals surface area contributed by atoms with E-state index in [0.717, 1.165) is 46.6 Å². The van der Waals surface area contributed by atoms with E-state index in [1.165, 1.54) is 12.8 Å². The highest BCUT2D eigenvalue weighted by molar-refractivity contribution is 9.10. The van der Waals surface area contributed by atoms with E-state index in [2.05, 4.69) is 26.2 Å². The lowest BCUT2D eigenvalue weighted by Gasteiger charge is -2.20. The highest BCUT2D eigenvalue weighted by Gasteiger charge is 2.24. The highest BCUT2D eigenvalue weighted by Crippen LogP contribution is 2.35. The molecule has 0 saturated heterocycles. The summed E-state index contributed by atoms with van der Waals surface area (Å²) in [5.41, 5.74) is 1.92. The van der Waals surface area contributed by atoms with Gasteiger partial charge in [-0.05, 0) is 65.7 Å². The Labute approximate surface area is 137 Å². The molecule has 1 aromatic carbocycles. The van der Waals surface area contributed by atoms with Crippen molar-refractivity contribution in [1.82, 2.24) is 15.0 Å². The number of rotatable bonds is 5. The summed E-state index contributed by atoms with van der Waals surface area (Å²) in [4.78, 5) is 0. The van der Waals surface area contributed by atoms with Crippen LogP contribution in [-0.4, -0.2) is 27.7 Å². The molecule has 1 fully saturated rings. The quantitative estimate of drug-likeness (QED) is 0.812. The average Bonchev–Trinajstić information content (AvgIpc) is 3.27. The summed E-state index contributed by atoms with van der Waals surface area (Å²) in [5, 5.41) is 8.57. The second-order valence-corrected chi connectivity index (χ2v) is 6.77. The Kier molecular flexibility index (Phi) is 3.78. The Balaban J connectivity index is 1.51. The van der Waals surface area contributed by atoms with Crippen molar-refractivity contribution in [2.45, 2.75) is 38.3 Å². The van der Waals surface area contributed by atoms with Crippen LogP contribution in [0.25, 0.3) is 11.0 Å². The summed E-state index contributed by atoms with van der Waals surface area (Å²) in [6.07, 6.45) is 8.57. The van der Waals surface area contributed by atoms with Crippen molar-refractivity contribution >= 4 is 27.0 Å². The average molecular weight is 364 g/mol. The van der Waals surface area contributed by atoms with Crippen LogP contribution in [0, 0.1) is 5.92 Å². The van der Waals surface area contributed by atoms with Gasteiger partial charge < -0.3 is 9.47 Å². The fraction of sp³-hybridized carbons (Fsp3) is 0.500. The Bertz CT molecular complexity index is 709. The molecule has 6 heteroatoms. The molecular formula is C16H18BrN3O2. The molecule has 1 aliphatic carbocycles. The molecule has 1 unspecified atom stereocenters. The molecule has 116 valence electrons. The van der Waals surface area contributed by atoms with E-state index in [1.54, 1.807) is 6.26 Å². The van der Waals surface area contributed by atoms with Crippen molar-refractivity contribution in [3.63, 3.8) is 0 Å². The second-order valence-electron chi connectivity index (χ2n) is 5.98. The van der Waals surface area contributed by atoms with Crippen LogP contribution in [0.1, 0.15) is 25.7 Å². The number of aromatic nitrogens is 3. The Morgan fingerprint density at radius 1 is 1.32 bits per heavy atom. The molecule has 1 aliphatic heterocycles. The minimum atomic E-state index is 0.123. The summed E-state index contributed by atoms with van der Waals surface area (Å²) in [5.74, 6) is 1.57. The summed E-state index contributed by atoms with van der Waals surface area (Å²) in [7, 11) is 0. The summed E-state index contributed by atoms with van der Waals surface area (Å²) in [6.45, 7) is 1.51. The van der Waals surface area contributed by atoms with Gasteiger partial charge in [-0.1, -0.05) is 5.21 Å². The third kappa shape index (κ3) is 2.84. The van der Waals surface area contributed by atoms with Crippen molar-refractivity contribution in [1.29, 1.82) is 0 Å². The monoisotopic (exact) mass is 363 g/mol. The van der Waals surface area contributed by atoms with Gasteiger partial charge in [0.2, 0.25) is 0 Å². The van der Waals surface area contributed by atoms with E-state index in [4.69, 9.17) is 9.47 Å². The molecule has 2 aliphatic rings. The van der Waals surface area contributed by atoms with Crippen molar-refractivity contribution in [3.8, 4) is 5.75 Å². The Hall–Kier alpha value is -1.56. The molecule has 1 atom stereocenters. The van der Waals surface area contributed by atoms with Gasteiger partial charge in [0.25, 0.3) is 0 Å². The zero-order valence-corrected chi connectivity index (χ0v) is 13.8. The first-order valence-corrected chi connectivity index (χ1v) is 8.55. The lowest BCUT2D eigenvalue weighted by atomic mass is 10.2. The Morgan fingerprint density at radius 2 is 2.23 bits per heavy atom. The van der Waals surface area contributed by atoms with Crippen molar-refractivity contribution in [3.05, 3.63) is 28.9 Å². The van der Waals surface area contributed by atoms with Gasteiger partial charge in [-0.3, -0.25) is 0 Å². The molecule has 5 nitrogen and oxygen atoms in total. The molecular weight excluding hydrogens is 346 g/mol. The van der Waals surface area contributed by atoms with Crippen LogP contribution in [0.4, 0.5) is 0 Å². The molecule has 1 saturated carbocycles. The normalized spacial score (nSPS) is 21.0. The van der Waals surface area contributed by atoms with E-state index >= 15 is 0 Å². The maximum absolute atomic E-state index is 5.90. The van der Waals surface area contributed by atoms with Crippen molar-refractivity contribution < 1.29 is 9.47 Å². The van der Waals surface area contributed by atoms with E-state index in [-0.39, 0.29) is 6.10 Å². The van der Waals surface area contributed by atoms with E-state index in [0.29, 0.717) is 6.61 Å². The second kappa shape index (κ2) is 5.91. The minimum absolute atomic E-state index is 0.123. The topological polar surface area (TPSA) is 49.2 Å². The number of benzene rings is 1. The van der Waals surface area contributed by atoms with Crippen LogP contribution in [0.3, 0.4) is 0 Å². The predicted octanol–water partition coefficient (Wildman–Crippen LogP) is 3.68. The van der Waals surface area contributed by atoms with E-state index < -0.39 is 0 Å². The molecule has 0 radical (unpaired) electrons. The van der Waals surface area contributed by atoms with Crippen LogP contribution in [-0.2, 0) is 11.3 Å². The van der Waals surface area contributed by atoms with Gasteiger partial charge >= 0.3 is 0 Å². The maximum atomic E-state index is 5.90. The molecule has 0 amide bonds. The summed E-state index contributed by atoms with van der Waals surface area (Å²) >= 11 is 3.61. The lowest BCUT2D eigenvalue weighted by molar-refractivity contribution is 0.0730. The molecule has 2 heterocycles. The van der Waals surface area contributed by atoms with E-state index in [1.807, 2.05) is 22.9 Å². The summed E-state index contributed by atoms with van der Waals surface area (Å²) in [6, 6.07) is 4.03. The number of nitrogens with zero attached hydrogens (tertiary/aromatic N) is 3. The summed E-state index contributed by atoms with van der Waals surface area (Å²) < 4.78 is 14.3. The van der Waals surface area contributed by atoms with Gasteiger partial charge in [-0.15, -0.1) is 5.10 Å². The third-order valence-electron chi connectivity index (χ3n) is 4.17. The lowest BCUT2D eigenvalue weighted by Crippen LogP contribution is -2.21. The van der Waals surface area contributed by atoms with Gasteiger partial charge in [0, 0.05) is 6.54 Å². The first-order valence-electron chi connectivity index (χ1n) is 7.76. The van der Waals surface area contributed by atoms with Crippen LogP contribution >= 0.6 is 15.9 Å². The number of fused-ring (bicyclic) bond motifs is 1. The van der Waals surface area contributed by atoms with Gasteiger partial charge in [0.1, 0.15) is 24.0 Å². The first-order chi connectivity index (χ1) is 10.8. The fourth-order valence-electron chi connectivity index (χ4n) is 2.67. The molecule has 0 spiro atoms. The van der Waals surface area contributed by atoms with Gasteiger partial charge in [0.15, 0.2) is 0 Å². The van der Waals surface area contributed by atoms with Gasteiger partial charge in [0.05, 0.1) is 16.3 Å². The zero-order chi connectivity index (χ0) is 14.9. The highest BCUT2D eigenvalue weighted by atomic mass is 79.9. The van der Waals surface area contributed by atoms with Crippen LogP contribution in [0.2, 0.25) is 0 Å². The minimum Gasteiger partial charge on any atom is -0.495 e. The van der Waals surface area contributed by atoms with Crippen LogP contribution in [0.5, 0.6) is 5.75 Å². The largest absolute Gasteiger partial charge is 0.495 e. The number of ether oxygens (including phenoxy) is 2. The molecule has 2 aromatic rings. The molecule has 0 bridgehead atoms. The maximum Gasteiger partial charge on any atom is 0.136 e. The molecule has 0 N–H and O–H groups in total. The zero-order valence-electron chi connectivity index (χ0n) is 12.2. The molecule has 1 aromatic heterocycles. The number of hydrogen-bond donors (Lipinski definition) is 0. The smallest absolute Gasteiger partial charge is 0.136 e. The first kappa shape index (κ1) is 14.1. The van der Waals surface area contributed by atoms with Gasteiger partial charge in [-0.2, -0.15) is 0 Å². The molecule has 22 heavy (non-hydrogen) atoms. The number of allylic oxidation sites excluding steroid dienone is 1. The predicted molar refractivity (Wildman–Crippen MR) is 86.7 cm³/mol. The SMILES string of the molecule is Brc1c(OCC2CCC=CO2)ccc2c1nnn2CC1CC1. The third-order valence-corrected chi connectivity index (χ3v) is 4.93. The number of halogens is 1. The standard InChI is InChI=1S/C16H18BrN3O2/c17-15-14(22-10-12-3-1-2-8-21-12)7-6-13-16(15)18-19-20(13)9-11-4-5-11/h2,6-8,11-12H,1,3-5,9-10H2. The van der Waals surface area contributed by atoms with E-state index in [9.17, 15) is 0 Å². The van der Waals surface area contributed by atoms with Crippen molar-refractivity contribution in [2.75, 3.05) is 6.61 Å².